The van der Waals surface area contributed by atoms with E-state index in [9.17, 15) is 0 Å². The van der Waals surface area contributed by atoms with E-state index < -0.39 is 0 Å². The standard InChI is InChI=1S/C14H31NO2/c1-4-6-7-8-9-14(3)17-13-11-15-10-12-16-5-2/h14-15H,4-13H2,1-3H3. The van der Waals surface area contributed by atoms with Crippen molar-refractivity contribution < 1.29 is 9.47 Å². The zero-order valence-corrected chi connectivity index (χ0v) is 12.0. The molecule has 3 nitrogen and oxygen atoms in total. The Hall–Kier alpha value is -0.120. The average Bonchev–Trinajstić information content (AvgIpc) is 2.33. The summed E-state index contributed by atoms with van der Waals surface area (Å²) in [4.78, 5) is 0. The first-order chi connectivity index (χ1) is 8.31. The van der Waals surface area contributed by atoms with Crippen molar-refractivity contribution in [2.45, 2.75) is 59.0 Å². The molecule has 1 unspecified atom stereocenters. The monoisotopic (exact) mass is 245 g/mol. The van der Waals surface area contributed by atoms with E-state index in [4.69, 9.17) is 9.47 Å². The third kappa shape index (κ3) is 13.8. The normalized spacial score (nSPS) is 12.9. The fourth-order valence-electron chi connectivity index (χ4n) is 1.69. The van der Waals surface area contributed by atoms with Crippen molar-refractivity contribution >= 4 is 0 Å². The highest BCUT2D eigenvalue weighted by Crippen LogP contribution is 2.07. The molecule has 17 heavy (non-hydrogen) atoms. The van der Waals surface area contributed by atoms with Gasteiger partial charge in [0.2, 0.25) is 0 Å². The van der Waals surface area contributed by atoms with Crippen molar-refractivity contribution in [2.24, 2.45) is 0 Å². The van der Waals surface area contributed by atoms with Crippen LogP contribution in [0.2, 0.25) is 0 Å². The molecule has 0 aromatic heterocycles. The zero-order valence-electron chi connectivity index (χ0n) is 12.0. The molecular weight excluding hydrogens is 214 g/mol. The fourth-order valence-corrected chi connectivity index (χ4v) is 1.69. The van der Waals surface area contributed by atoms with Crippen LogP contribution in [0.4, 0.5) is 0 Å². The predicted molar refractivity (Wildman–Crippen MR) is 73.5 cm³/mol. The van der Waals surface area contributed by atoms with Gasteiger partial charge in [0.25, 0.3) is 0 Å². The maximum atomic E-state index is 5.73. The lowest BCUT2D eigenvalue weighted by Crippen LogP contribution is -2.25. The zero-order chi connectivity index (χ0) is 12.8. The van der Waals surface area contributed by atoms with Gasteiger partial charge >= 0.3 is 0 Å². The highest BCUT2D eigenvalue weighted by Gasteiger charge is 2.01. The smallest absolute Gasteiger partial charge is 0.0594 e. The van der Waals surface area contributed by atoms with Gasteiger partial charge in [0, 0.05) is 19.7 Å². The Balaban J connectivity index is 3.08. The van der Waals surface area contributed by atoms with Gasteiger partial charge in [-0.15, -0.1) is 0 Å². The van der Waals surface area contributed by atoms with Gasteiger partial charge in [-0.2, -0.15) is 0 Å². The third-order valence-corrected chi connectivity index (χ3v) is 2.77. The lowest BCUT2D eigenvalue weighted by Gasteiger charge is -2.13. The second kappa shape index (κ2) is 13.9. The van der Waals surface area contributed by atoms with Crippen molar-refractivity contribution in [3.05, 3.63) is 0 Å². The summed E-state index contributed by atoms with van der Waals surface area (Å²) in [6, 6.07) is 0. The van der Waals surface area contributed by atoms with E-state index in [1.54, 1.807) is 0 Å². The Kier molecular flexibility index (Phi) is 13.8. The van der Waals surface area contributed by atoms with Gasteiger partial charge in [-0.3, -0.25) is 0 Å². The molecule has 0 aromatic carbocycles. The molecule has 0 aromatic rings. The first-order valence-corrected chi connectivity index (χ1v) is 7.21. The van der Waals surface area contributed by atoms with Crippen molar-refractivity contribution in [1.82, 2.24) is 5.32 Å². The average molecular weight is 245 g/mol. The van der Waals surface area contributed by atoms with E-state index in [-0.39, 0.29) is 0 Å². The minimum Gasteiger partial charge on any atom is -0.380 e. The van der Waals surface area contributed by atoms with Crippen LogP contribution in [-0.4, -0.2) is 39.0 Å². The molecule has 0 saturated heterocycles. The third-order valence-electron chi connectivity index (χ3n) is 2.77. The molecule has 0 radical (unpaired) electrons. The van der Waals surface area contributed by atoms with Crippen LogP contribution < -0.4 is 5.32 Å². The molecule has 1 N–H and O–H groups in total. The Morgan fingerprint density at radius 1 is 1.00 bits per heavy atom. The molecule has 0 spiro atoms. The summed E-state index contributed by atoms with van der Waals surface area (Å²) >= 11 is 0. The molecular formula is C14H31NO2. The minimum absolute atomic E-state index is 0.403. The van der Waals surface area contributed by atoms with Crippen LogP contribution in [0.5, 0.6) is 0 Å². The van der Waals surface area contributed by atoms with Gasteiger partial charge in [0.05, 0.1) is 19.3 Å². The van der Waals surface area contributed by atoms with Crippen LogP contribution in [0.1, 0.15) is 52.9 Å². The molecule has 0 amide bonds. The SMILES string of the molecule is CCCCCCC(C)OCCNCCOCC. The van der Waals surface area contributed by atoms with Crippen LogP contribution in [-0.2, 0) is 9.47 Å². The van der Waals surface area contributed by atoms with Gasteiger partial charge in [-0.25, -0.2) is 0 Å². The number of ether oxygens (including phenoxy) is 2. The summed E-state index contributed by atoms with van der Waals surface area (Å²) in [6.45, 7) is 10.7. The molecule has 0 bridgehead atoms. The Labute approximate surface area is 107 Å². The van der Waals surface area contributed by atoms with E-state index in [2.05, 4.69) is 19.2 Å². The van der Waals surface area contributed by atoms with E-state index in [1.165, 1.54) is 32.1 Å². The fraction of sp³-hybridized carbons (Fsp3) is 1.00. The van der Waals surface area contributed by atoms with Crippen molar-refractivity contribution in [3.63, 3.8) is 0 Å². The van der Waals surface area contributed by atoms with E-state index in [0.717, 1.165) is 32.9 Å². The lowest BCUT2D eigenvalue weighted by molar-refractivity contribution is 0.0591. The Morgan fingerprint density at radius 2 is 1.76 bits per heavy atom. The van der Waals surface area contributed by atoms with Gasteiger partial charge in [0.15, 0.2) is 0 Å². The summed E-state index contributed by atoms with van der Waals surface area (Å²) in [5.41, 5.74) is 0. The molecule has 3 heteroatoms. The van der Waals surface area contributed by atoms with Gasteiger partial charge in [-0.1, -0.05) is 32.6 Å². The van der Waals surface area contributed by atoms with Crippen molar-refractivity contribution in [1.29, 1.82) is 0 Å². The van der Waals surface area contributed by atoms with E-state index in [1.807, 2.05) is 6.92 Å². The lowest BCUT2D eigenvalue weighted by atomic mass is 10.1. The Morgan fingerprint density at radius 3 is 2.47 bits per heavy atom. The van der Waals surface area contributed by atoms with E-state index in [0.29, 0.717) is 6.10 Å². The van der Waals surface area contributed by atoms with Crippen LogP contribution in [0, 0.1) is 0 Å². The number of hydrogen-bond acceptors (Lipinski definition) is 3. The quantitative estimate of drug-likeness (QED) is 0.506. The summed E-state index contributed by atoms with van der Waals surface area (Å²) < 4.78 is 11.0. The second-order valence-electron chi connectivity index (χ2n) is 4.48. The summed E-state index contributed by atoms with van der Waals surface area (Å²) in [5.74, 6) is 0. The Bertz CT molecular complexity index is 142. The van der Waals surface area contributed by atoms with Crippen LogP contribution in [0.3, 0.4) is 0 Å². The molecule has 104 valence electrons. The number of rotatable bonds is 13. The molecule has 0 saturated carbocycles. The topological polar surface area (TPSA) is 30.5 Å². The highest BCUT2D eigenvalue weighted by molar-refractivity contribution is 4.53. The maximum absolute atomic E-state index is 5.73. The van der Waals surface area contributed by atoms with Gasteiger partial charge in [-0.05, 0) is 20.3 Å². The summed E-state index contributed by atoms with van der Waals surface area (Å²) in [6.07, 6.45) is 6.90. The summed E-state index contributed by atoms with van der Waals surface area (Å²) in [7, 11) is 0. The molecule has 0 aliphatic carbocycles. The summed E-state index contributed by atoms with van der Waals surface area (Å²) in [5, 5.41) is 3.30. The maximum Gasteiger partial charge on any atom is 0.0594 e. The van der Waals surface area contributed by atoms with Crippen LogP contribution in [0.25, 0.3) is 0 Å². The molecule has 0 aliphatic heterocycles. The first-order valence-electron chi connectivity index (χ1n) is 7.21. The molecule has 0 heterocycles. The molecule has 0 rings (SSSR count). The largest absolute Gasteiger partial charge is 0.380 e. The van der Waals surface area contributed by atoms with E-state index >= 15 is 0 Å². The van der Waals surface area contributed by atoms with Crippen molar-refractivity contribution in [2.75, 3.05) is 32.9 Å². The van der Waals surface area contributed by atoms with Gasteiger partial charge < -0.3 is 14.8 Å². The molecule has 0 fully saturated rings. The number of unbranched alkanes of at least 4 members (excludes halogenated alkanes) is 3. The molecule has 1 atom stereocenters. The minimum atomic E-state index is 0.403. The molecule has 0 aliphatic rings. The van der Waals surface area contributed by atoms with Crippen LogP contribution >= 0.6 is 0 Å². The van der Waals surface area contributed by atoms with Crippen LogP contribution in [0.15, 0.2) is 0 Å². The number of nitrogens with one attached hydrogen (secondary N) is 1. The first kappa shape index (κ1) is 16.9. The second-order valence-corrected chi connectivity index (χ2v) is 4.48. The highest BCUT2D eigenvalue weighted by atomic mass is 16.5. The van der Waals surface area contributed by atoms with Gasteiger partial charge in [0.1, 0.15) is 0 Å². The van der Waals surface area contributed by atoms with Crippen molar-refractivity contribution in [3.8, 4) is 0 Å². The number of hydrogen-bond donors (Lipinski definition) is 1. The predicted octanol–water partition coefficient (Wildman–Crippen LogP) is 2.99.